The number of ether oxygens (including phenoxy) is 1. The van der Waals surface area contributed by atoms with E-state index < -0.39 is 6.43 Å². The molecular weight excluding hydrogens is 329 g/mol. The molecule has 20 heavy (non-hydrogen) atoms. The first kappa shape index (κ1) is 15.4. The fraction of sp³-hybridized carbons (Fsp3) is 0.143. The topological polar surface area (TPSA) is 9.23 Å². The Morgan fingerprint density at radius 3 is 2.10 bits per heavy atom. The summed E-state index contributed by atoms with van der Waals surface area (Å²) < 4.78 is 30.9. The van der Waals surface area contributed by atoms with Gasteiger partial charge in [0, 0.05) is 10.6 Å². The molecule has 6 heteroatoms. The Morgan fingerprint density at radius 1 is 1.00 bits per heavy atom. The standard InChI is InChI=1S/C14H9Cl3F2O/c1-20-12-3-2-7(4-9(12)14(18)19)13-10(16)5-8(15)6-11(13)17/h2-6,14H,1H3. The lowest BCUT2D eigenvalue weighted by atomic mass is 10.0. The largest absolute Gasteiger partial charge is 0.496 e. The molecule has 2 rings (SSSR count). The van der Waals surface area contributed by atoms with Crippen molar-refractivity contribution < 1.29 is 13.5 Å². The highest BCUT2D eigenvalue weighted by atomic mass is 35.5. The summed E-state index contributed by atoms with van der Waals surface area (Å²) >= 11 is 18.0. The van der Waals surface area contributed by atoms with Gasteiger partial charge in [-0.15, -0.1) is 0 Å². The van der Waals surface area contributed by atoms with Gasteiger partial charge < -0.3 is 4.74 Å². The van der Waals surface area contributed by atoms with Crippen molar-refractivity contribution in [1.29, 1.82) is 0 Å². The molecule has 0 heterocycles. The van der Waals surface area contributed by atoms with Crippen molar-refractivity contribution in [2.75, 3.05) is 7.11 Å². The van der Waals surface area contributed by atoms with Gasteiger partial charge in [-0.25, -0.2) is 8.78 Å². The SMILES string of the molecule is COc1ccc(-c2c(Cl)cc(Cl)cc2Cl)cc1C(F)F. The monoisotopic (exact) mass is 336 g/mol. The summed E-state index contributed by atoms with van der Waals surface area (Å²) in [7, 11) is 1.34. The molecule has 1 nitrogen and oxygen atoms in total. The summed E-state index contributed by atoms with van der Waals surface area (Å²) in [6.07, 6.45) is -2.66. The average molecular weight is 338 g/mol. The highest BCUT2D eigenvalue weighted by Gasteiger charge is 2.17. The van der Waals surface area contributed by atoms with E-state index in [0.717, 1.165) is 0 Å². The summed E-state index contributed by atoms with van der Waals surface area (Å²) in [5, 5.41) is 0.979. The Morgan fingerprint density at radius 2 is 1.60 bits per heavy atom. The highest BCUT2D eigenvalue weighted by Crippen LogP contribution is 2.40. The molecule has 0 unspecified atom stereocenters. The third kappa shape index (κ3) is 3.00. The second-order valence-corrected chi connectivity index (χ2v) is 5.25. The normalized spacial score (nSPS) is 10.9. The highest BCUT2D eigenvalue weighted by molar-refractivity contribution is 6.41. The smallest absolute Gasteiger partial charge is 0.267 e. The molecule has 106 valence electrons. The number of alkyl halides is 2. The molecule has 0 atom stereocenters. The minimum absolute atomic E-state index is 0.116. The van der Waals surface area contributed by atoms with Crippen LogP contribution in [-0.4, -0.2) is 7.11 Å². The van der Waals surface area contributed by atoms with Gasteiger partial charge in [0.05, 0.1) is 22.7 Å². The number of hydrogen-bond donors (Lipinski definition) is 0. The third-order valence-electron chi connectivity index (χ3n) is 2.76. The van der Waals surface area contributed by atoms with E-state index in [4.69, 9.17) is 39.5 Å². The van der Waals surface area contributed by atoms with Crippen LogP contribution in [0.25, 0.3) is 11.1 Å². The molecule has 0 bridgehead atoms. The summed E-state index contributed by atoms with van der Waals surface area (Å²) in [5.41, 5.74) is 0.724. The van der Waals surface area contributed by atoms with E-state index in [1.165, 1.54) is 31.4 Å². The Labute approximate surface area is 130 Å². The molecule has 0 fully saturated rings. The van der Waals surface area contributed by atoms with Crippen LogP contribution >= 0.6 is 34.8 Å². The molecule has 2 aromatic carbocycles. The zero-order chi connectivity index (χ0) is 14.9. The quantitative estimate of drug-likeness (QED) is 0.642. The van der Waals surface area contributed by atoms with Crippen molar-refractivity contribution in [3.63, 3.8) is 0 Å². The number of hydrogen-bond acceptors (Lipinski definition) is 1. The lowest BCUT2D eigenvalue weighted by Gasteiger charge is -2.12. The minimum atomic E-state index is -2.66. The second-order valence-electron chi connectivity index (χ2n) is 4.00. The lowest BCUT2D eigenvalue weighted by molar-refractivity contribution is 0.147. The number of rotatable bonds is 3. The number of benzene rings is 2. The van der Waals surface area contributed by atoms with Gasteiger partial charge in [-0.2, -0.15) is 0 Å². The summed E-state index contributed by atoms with van der Waals surface area (Å²) in [4.78, 5) is 0. The predicted molar refractivity (Wildman–Crippen MR) is 78.4 cm³/mol. The molecule has 0 amide bonds. The van der Waals surface area contributed by atoms with Gasteiger partial charge in [-0.05, 0) is 29.8 Å². The Hall–Kier alpha value is -1.03. The maximum atomic E-state index is 13.0. The molecule has 2 aromatic rings. The van der Waals surface area contributed by atoms with Crippen molar-refractivity contribution in [1.82, 2.24) is 0 Å². The summed E-state index contributed by atoms with van der Waals surface area (Å²) in [6, 6.07) is 7.40. The van der Waals surface area contributed by atoms with Crippen LogP contribution in [-0.2, 0) is 0 Å². The molecule has 0 saturated carbocycles. The molecule has 0 aliphatic carbocycles. The molecule has 0 N–H and O–H groups in total. The predicted octanol–water partition coefficient (Wildman–Crippen LogP) is 6.26. The lowest BCUT2D eigenvalue weighted by Crippen LogP contribution is -1.94. The first-order chi connectivity index (χ1) is 9.43. The summed E-state index contributed by atoms with van der Waals surface area (Å²) in [6.45, 7) is 0. The first-order valence-corrected chi connectivity index (χ1v) is 6.68. The maximum absolute atomic E-state index is 13.0. The van der Waals surface area contributed by atoms with E-state index in [0.29, 0.717) is 26.2 Å². The zero-order valence-corrected chi connectivity index (χ0v) is 12.5. The molecule has 0 aliphatic rings. The fourth-order valence-electron chi connectivity index (χ4n) is 1.88. The number of methoxy groups -OCH3 is 1. The molecular formula is C14H9Cl3F2O. The van der Waals surface area contributed by atoms with Gasteiger partial charge in [0.2, 0.25) is 0 Å². The first-order valence-electron chi connectivity index (χ1n) is 5.55. The van der Waals surface area contributed by atoms with Crippen LogP contribution < -0.4 is 4.74 Å². The van der Waals surface area contributed by atoms with Gasteiger partial charge in [0.25, 0.3) is 6.43 Å². The van der Waals surface area contributed by atoms with Crippen LogP contribution in [0.15, 0.2) is 30.3 Å². The second kappa shape index (κ2) is 6.17. The van der Waals surface area contributed by atoms with Gasteiger partial charge in [0.1, 0.15) is 5.75 Å². The molecule has 0 radical (unpaired) electrons. The Bertz CT molecular complexity index is 621. The maximum Gasteiger partial charge on any atom is 0.267 e. The third-order valence-corrected chi connectivity index (χ3v) is 3.57. The van der Waals surface area contributed by atoms with E-state index in [1.807, 2.05) is 0 Å². The van der Waals surface area contributed by atoms with Crippen molar-refractivity contribution in [2.45, 2.75) is 6.43 Å². The average Bonchev–Trinajstić information content (AvgIpc) is 2.37. The van der Waals surface area contributed by atoms with Gasteiger partial charge >= 0.3 is 0 Å². The fourth-order valence-corrected chi connectivity index (χ4v) is 2.91. The van der Waals surface area contributed by atoms with E-state index in [9.17, 15) is 8.78 Å². The summed E-state index contributed by atoms with van der Waals surface area (Å²) in [5.74, 6) is 0.116. The van der Waals surface area contributed by atoms with Crippen LogP contribution in [0.5, 0.6) is 5.75 Å². The van der Waals surface area contributed by atoms with Gasteiger partial charge in [-0.3, -0.25) is 0 Å². The van der Waals surface area contributed by atoms with Crippen molar-refractivity contribution in [2.24, 2.45) is 0 Å². The van der Waals surface area contributed by atoms with Crippen LogP contribution in [0.2, 0.25) is 15.1 Å². The molecule has 0 saturated heterocycles. The van der Waals surface area contributed by atoms with E-state index in [2.05, 4.69) is 0 Å². The van der Waals surface area contributed by atoms with Crippen molar-refractivity contribution >= 4 is 34.8 Å². The molecule has 0 aliphatic heterocycles. The van der Waals surface area contributed by atoms with Crippen LogP contribution in [0.3, 0.4) is 0 Å². The van der Waals surface area contributed by atoms with Crippen molar-refractivity contribution in [3.05, 3.63) is 51.0 Å². The van der Waals surface area contributed by atoms with E-state index >= 15 is 0 Å². The Balaban J connectivity index is 2.62. The van der Waals surface area contributed by atoms with Gasteiger partial charge in [0.15, 0.2) is 0 Å². The van der Waals surface area contributed by atoms with Crippen LogP contribution in [0.4, 0.5) is 8.78 Å². The van der Waals surface area contributed by atoms with Crippen molar-refractivity contribution in [3.8, 4) is 16.9 Å². The van der Waals surface area contributed by atoms with Gasteiger partial charge in [-0.1, -0.05) is 40.9 Å². The minimum Gasteiger partial charge on any atom is -0.496 e. The van der Waals surface area contributed by atoms with E-state index in [1.54, 1.807) is 6.07 Å². The number of halogens is 5. The Kier molecular flexibility index (Phi) is 4.74. The van der Waals surface area contributed by atoms with Crippen LogP contribution in [0, 0.1) is 0 Å². The molecule has 0 aromatic heterocycles. The molecule has 0 spiro atoms. The zero-order valence-electron chi connectivity index (χ0n) is 10.3. The van der Waals surface area contributed by atoms with E-state index in [-0.39, 0.29) is 11.3 Å². The van der Waals surface area contributed by atoms with Crippen LogP contribution in [0.1, 0.15) is 12.0 Å².